The summed E-state index contributed by atoms with van der Waals surface area (Å²) >= 11 is 7.94. The Morgan fingerprint density at radius 1 is 1.48 bits per heavy atom. The van der Waals surface area contributed by atoms with E-state index < -0.39 is 0 Å². The average Bonchev–Trinajstić information content (AvgIpc) is 2.77. The molecule has 1 atom stereocenters. The first-order valence-corrected chi connectivity index (χ1v) is 8.82. The Labute approximate surface area is 142 Å². The summed E-state index contributed by atoms with van der Waals surface area (Å²) in [4.78, 5) is 7.02. The number of hydrogen-bond donors (Lipinski definition) is 0. The molecule has 114 valence electrons. The molecule has 3 nitrogen and oxygen atoms in total. The zero-order valence-electron chi connectivity index (χ0n) is 12.0. The largest absolute Gasteiger partial charge is 0.323 e. The molecular weight excluding hydrogens is 404 g/mol. The molecule has 0 bridgehead atoms. The summed E-state index contributed by atoms with van der Waals surface area (Å²) in [6.07, 6.45) is 2.99. The minimum absolute atomic E-state index is 0.175. The minimum atomic E-state index is -0.175. The number of imidazole rings is 1. The zero-order valence-corrected chi connectivity index (χ0v) is 14.9. The average molecular weight is 422 g/mol. The van der Waals surface area contributed by atoms with Gasteiger partial charge in [0.05, 0.1) is 14.6 Å². The highest BCUT2D eigenvalue weighted by Gasteiger charge is 2.24. The molecule has 1 aliphatic heterocycles. The van der Waals surface area contributed by atoms with E-state index in [0.29, 0.717) is 21.9 Å². The third-order valence-electron chi connectivity index (χ3n) is 4.09. The van der Waals surface area contributed by atoms with Crippen LogP contribution >= 0.6 is 34.2 Å². The van der Waals surface area contributed by atoms with Crippen molar-refractivity contribution in [3.05, 3.63) is 27.3 Å². The monoisotopic (exact) mass is 421 g/mol. The lowest BCUT2D eigenvalue weighted by molar-refractivity contribution is 0.212. The molecule has 1 aromatic carbocycles. The molecule has 0 amide bonds. The molecule has 0 aliphatic carbocycles. The van der Waals surface area contributed by atoms with Crippen molar-refractivity contribution >= 4 is 45.2 Å². The molecule has 0 spiro atoms. The van der Waals surface area contributed by atoms with Gasteiger partial charge >= 0.3 is 0 Å². The smallest absolute Gasteiger partial charge is 0.138 e. The highest BCUT2D eigenvalue weighted by Crippen LogP contribution is 2.29. The lowest BCUT2D eigenvalue weighted by atomic mass is 10.1. The number of benzene rings is 1. The van der Waals surface area contributed by atoms with Crippen molar-refractivity contribution in [1.29, 1.82) is 0 Å². The van der Waals surface area contributed by atoms with E-state index in [9.17, 15) is 4.39 Å². The molecule has 3 rings (SSSR count). The standard InChI is InChI=1S/C15H18ClFIN3/c1-20-6-2-3-10(9-20)21-14-7-11(17)12(18)8-13(14)19-15(21)4-5-16/h7-8,10H,2-6,9H2,1H3. The van der Waals surface area contributed by atoms with E-state index in [2.05, 4.69) is 16.5 Å². The maximum Gasteiger partial charge on any atom is 0.138 e. The second kappa shape index (κ2) is 6.38. The predicted molar refractivity (Wildman–Crippen MR) is 92.6 cm³/mol. The van der Waals surface area contributed by atoms with Gasteiger partial charge in [-0.25, -0.2) is 9.37 Å². The summed E-state index contributed by atoms with van der Waals surface area (Å²) in [5, 5.41) is 0. The molecule has 2 heterocycles. The van der Waals surface area contributed by atoms with Gasteiger partial charge in [0.15, 0.2) is 0 Å². The van der Waals surface area contributed by atoms with E-state index >= 15 is 0 Å². The Bertz CT molecular complexity index is 658. The van der Waals surface area contributed by atoms with Crippen molar-refractivity contribution in [1.82, 2.24) is 14.5 Å². The van der Waals surface area contributed by atoms with Gasteiger partial charge in [-0.1, -0.05) is 0 Å². The van der Waals surface area contributed by atoms with E-state index in [1.54, 1.807) is 6.07 Å². The molecule has 0 saturated carbocycles. The van der Waals surface area contributed by atoms with Crippen LogP contribution in [-0.2, 0) is 6.42 Å². The Hall–Kier alpha value is -0.400. The minimum Gasteiger partial charge on any atom is -0.323 e. The van der Waals surface area contributed by atoms with E-state index in [1.807, 2.05) is 28.7 Å². The van der Waals surface area contributed by atoms with Gasteiger partial charge in [-0.05, 0) is 55.1 Å². The first-order chi connectivity index (χ1) is 10.1. The highest BCUT2D eigenvalue weighted by molar-refractivity contribution is 14.1. The third kappa shape index (κ3) is 3.05. The van der Waals surface area contributed by atoms with Crippen LogP contribution < -0.4 is 0 Å². The van der Waals surface area contributed by atoms with Gasteiger partial charge in [-0.15, -0.1) is 11.6 Å². The van der Waals surface area contributed by atoms with Gasteiger partial charge in [0.1, 0.15) is 11.6 Å². The number of halogens is 3. The van der Waals surface area contributed by atoms with E-state index in [-0.39, 0.29) is 5.82 Å². The van der Waals surface area contributed by atoms with Crippen LogP contribution in [0.3, 0.4) is 0 Å². The lowest BCUT2D eigenvalue weighted by Gasteiger charge is -2.32. The number of hydrogen-bond acceptors (Lipinski definition) is 2. The van der Waals surface area contributed by atoms with Crippen LogP contribution in [0.4, 0.5) is 4.39 Å². The van der Waals surface area contributed by atoms with Gasteiger partial charge in [0, 0.05) is 31.0 Å². The number of likely N-dealkylation sites (tertiary alicyclic amines) is 1. The Morgan fingerprint density at radius 2 is 2.29 bits per heavy atom. The number of likely N-dealkylation sites (N-methyl/N-ethyl adjacent to an activating group) is 1. The Morgan fingerprint density at radius 3 is 3.00 bits per heavy atom. The molecule has 2 aromatic rings. The van der Waals surface area contributed by atoms with E-state index in [4.69, 9.17) is 16.6 Å². The quantitative estimate of drug-likeness (QED) is 0.555. The predicted octanol–water partition coefficient (Wildman–Crippen LogP) is 3.83. The maximum absolute atomic E-state index is 14.0. The molecule has 1 aromatic heterocycles. The second-order valence-electron chi connectivity index (χ2n) is 5.65. The van der Waals surface area contributed by atoms with Crippen molar-refractivity contribution in [3.63, 3.8) is 0 Å². The summed E-state index contributed by atoms with van der Waals surface area (Å²) in [7, 11) is 2.13. The first-order valence-electron chi connectivity index (χ1n) is 7.20. The van der Waals surface area contributed by atoms with Crippen LogP contribution in [0.2, 0.25) is 0 Å². The van der Waals surface area contributed by atoms with Crippen molar-refractivity contribution in [2.45, 2.75) is 25.3 Å². The maximum atomic E-state index is 14.0. The number of piperidine rings is 1. The van der Waals surface area contributed by atoms with Gasteiger partial charge in [0.2, 0.25) is 0 Å². The Balaban J connectivity index is 2.12. The normalized spacial score (nSPS) is 20.3. The van der Waals surface area contributed by atoms with E-state index in [1.165, 1.54) is 0 Å². The summed E-state index contributed by atoms with van der Waals surface area (Å²) < 4.78 is 16.8. The number of aromatic nitrogens is 2. The number of aryl methyl sites for hydroxylation is 1. The fourth-order valence-electron chi connectivity index (χ4n) is 3.16. The fourth-order valence-corrected chi connectivity index (χ4v) is 3.78. The number of nitrogens with zero attached hydrogens (tertiary/aromatic N) is 3. The van der Waals surface area contributed by atoms with Crippen LogP contribution in [-0.4, -0.2) is 40.5 Å². The molecule has 1 fully saturated rings. The van der Waals surface area contributed by atoms with Gasteiger partial charge in [-0.2, -0.15) is 0 Å². The molecular formula is C15H18ClFIN3. The van der Waals surface area contributed by atoms with Crippen LogP contribution in [0.25, 0.3) is 11.0 Å². The molecule has 1 aliphatic rings. The highest BCUT2D eigenvalue weighted by atomic mass is 127. The number of rotatable bonds is 3. The molecule has 0 radical (unpaired) electrons. The summed E-state index contributed by atoms with van der Waals surface area (Å²) in [5.74, 6) is 1.33. The van der Waals surface area contributed by atoms with Crippen molar-refractivity contribution in [3.8, 4) is 0 Å². The van der Waals surface area contributed by atoms with Crippen LogP contribution in [0.1, 0.15) is 24.7 Å². The third-order valence-corrected chi connectivity index (χ3v) is 5.10. The molecule has 1 saturated heterocycles. The van der Waals surface area contributed by atoms with Gasteiger partial charge in [0.25, 0.3) is 0 Å². The van der Waals surface area contributed by atoms with Gasteiger partial charge in [-0.3, -0.25) is 0 Å². The summed E-state index contributed by atoms with van der Waals surface area (Å²) in [5.41, 5.74) is 1.77. The molecule has 6 heteroatoms. The van der Waals surface area contributed by atoms with E-state index in [0.717, 1.165) is 42.8 Å². The van der Waals surface area contributed by atoms with Crippen LogP contribution in [0, 0.1) is 9.39 Å². The summed E-state index contributed by atoms with van der Waals surface area (Å²) in [6, 6.07) is 3.80. The van der Waals surface area contributed by atoms with Crippen LogP contribution in [0.5, 0.6) is 0 Å². The Kier molecular flexibility index (Phi) is 4.71. The van der Waals surface area contributed by atoms with Gasteiger partial charge < -0.3 is 9.47 Å². The molecule has 21 heavy (non-hydrogen) atoms. The van der Waals surface area contributed by atoms with Crippen molar-refractivity contribution in [2.24, 2.45) is 0 Å². The second-order valence-corrected chi connectivity index (χ2v) is 7.19. The van der Waals surface area contributed by atoms with Crippen LogP contribution in [0.15, 0.2) is 12.1 Å². The zero-order chi connectivity index (χ0) is 15.0. The lowest BCUT2D eigenvalue weighted by Crippen LogP contribution is -2.34. The van der Waals surface area contributed by atoms with Crippen molar-refractivity contribution < 1.29 is 4.39 Å². The first kappa shape index (κ1) is 15.5. The fraction of sp³-hybridized carbons (Fsp3) is 0.533. The molecule has 1 unspecified atom stereocenters. The number of fused-ring (bicyclic) bond motifs is 1. The summed E-state index contributed by atoms with van der Waals surface area (Å²) in [6.45, 7) is 2.11. The number of alkyl halides is 1. The topological polar surface area (TPSA) is 21.1 Å². The van der Waals surface area contributed by atoms with Crippen molar-refractivity contribution in [2.75, 3.05) is 26.0 Å². The SMILES string of the molecule is CN1CCCC(n2c(CCCl)nc3cc(I)c(F)cc32)C1. The molecule has 0 N–H and O–H groups in total.